The van der Waals surface area contributed by atoms with E-state index in [4.69, 9.17) is 9.47 Å². The summed E-state index contributed by atoms with van der Waals surface area (Å²) in [6, 6.07) is -0.824. The van der Waals surface area contributed by atoms with Crippen LogP contribution in [-0.4, -0.2) is 87.5 Å². The van der Waals surface area contributed by atoms with E-state index in [9.17, 15) is 30.3 Å². The third-order valence-corrected chi connectivity index (χ3v) is 18.1. The maximum Gasteiger partial charge on any atom is 0.220 e. The molecule has 506 valence electrons. The molecule has 0 aromatic heterocycles. The van der Waals surface area contributed by atoms with Crippen molar-refractivity contribution in [2.24, 2.45) is 0 Å². The molecule has 6 N–H and O–H groups in total. The lowest BCUT2D eigenvalue weighted by Gasteiger charge is -2.40. The van der Waals surface area contributed by atoms with Gasteiger partial charge in [-0.05, 0) is 64.2 Å². The van der Waals surface area contributed by atoms with Crippen LogP contribution in [0.4, 0.5) is 0 Å². The topological polar surface area (TPSA) is 149 Å². The van der Waals surface area contributed by atoms with Gasteiger partial charge < -0.3 is 40.3 Å². The van der Waals surface area contributed by atoms with E-state index in [1.54, 1.807) is 6.08 Å². The Bertz CT molecular complexity index is 1500. The normalized spacial score (nSPS) is 18.2. The minimum Gasteiger partial charge on any atom is -0.394 e. The molecule has 0 spiro atoms. The fourth-order valence-corrected chi connectivity index (χ4v) is 12.2. The first-order valence-corrected chi connectivity index (χ1v) is 37.9. The van der Waals surface area contributed by atoms with Gasteiger partial charge in [0.05, 0.1) is 25.4 Å². The van der Waals surface area contributed by atoms with Gasteiger partial charge in [0.15, 0.2) is 6.29 Å². The maximum absolute atomic E-state index is 13.1. The van der Waals surface area contributed by atoms with E-state index < -0.39 is 49.5 Å². The number of carbonyl (C=O) groups is 1. The zero-order valence-electron chi connectivity index (χ0n) is 56.8. The molecule has 9 heteroatoms. The molecule has 1 fully saturated rings. The Labute approximate surface area is 533 Å². The number of carbonyl (C=O) groups excluding carboxylic acids is 1. The van der Waals surface area contributed by atoms with Crippen molar-refractivity contribution < 1.29 is 39.8 Å². The Morgan fingerprint density at radius 3 is 1.05 bits per heavy atom. The van der Waals surface area contributed by atoms with E-state index in [2.05, 4.69) is 55.6 Å². The van der Waals surface area contributed by atoms with Crippen LogP contribution in [0, 0.1) is 0 Å². The molecule has 86 heavy (non-hydrogen) atoms. The number of aliphatic hydroxyl groups excluding tert-OH is 5. The highest BCUT2D eigenvalue weighted by molar-refractivity contribution is 5.76. The minimum absolute atomic E-state index is 0.180. The summed E-state index contributed by atoms with van der Waals surface area (Å²) < 4.78 is 11.3. The number of ether oxygens (including phenoxy) is 2. The van der Waals surface area contributed by atoms with Crippen LogP contribution in [0.15, 0.2) is 48.6 Å². The molecule has 9 nitrogen and oxygen atoms in total. The van der Waals surface area contributed by atoms with Crippen LogP contribution in [0.3, 0.4) is 0 Å². The molecule has 1 aliphatic heterocycles. The van der Waals surface area contributed by atoms with Crippen molar-refractivity contribution in [1.82, 2.24) is 5.32 Å². The summed E-state index contributed by atoms with van der Waals surface area (Å²) in [5.41, 5.74) is 0. The SMILES string of the molecule is CCCCCCC/C=C\C/C=C\CCCCCCCCCCCCCCCCCCCCCC(=O)NC(COC1OC(CO)C(O)C(O)C1O)C(O)/C=C/CC/C=C/CCCCCCCCCCCCCCCCCCCCCCCCCCCC. The first kappa shape index (κ1) is 82.2. The largest absolute Gasteiger partial charge is 0.394 e. The Balaban J connectivity index is 2.11. The lowest BCUT2D eigenvalue weighted by molar-refractivity contribution is -0.302. The number of hydrogen-bond acceptors (Lipinski definition) is 8. The summed E-state index contributed by atoms with van der Waals surface area (Å²) >= 11 is 0. The van der Waals surface area contributed by atoms with Gasteiger partial charge in [0.2, 0.25) is 5.91 Å². The highest BCUT2D eigenvalue weighted by Crippen LogP contribution is 2.24. The molecule has 1 amide bonds. The van der Waals surface area contributed by atoms with E-state index in [0.29, 0.717) is 6.42 Å². The van der Waals surface area contributed by atoms with Gasteiger partial charge in [-0.1, -0.05) is 358 Å². The number of hydrogen-bond donors (Lipinski definition) is 6. The molecular weight excluding hydrogens is 1070 g/mol. The van der Waals surface area contributed by atoms with Crippen LogP contribution >= 0.6 is 0 Å². The van der Waals surface area contributed by atoms with Crippen molar-refractivity contribution >= 4 is 5.91 Å². The molecular formula is C77H145NO8. The number of nitrogens with one attached hydrogen (secondary N) is 1. The molecule has 7 atom stereocenters. The fourth-order valence-electron chi connectivity index (χ4n) is 12.2. The first-order valence-electron chi connectivity index (χ1n) is 37.9. The first-order chi connectivity index (χ1) is 42.3. The Morgan fingerprint density at radius 2 is 0.698 bits per heavy atom. The molecule has 0 bridgehead atoms. The second-order valence-corrected chi connectivity index (χ2v) is 26.4. The van der Waals surface area contributed by atoms with Crippen LogP contribution < -0.4 is 5.32 Å². The number of aliphatic hydroxyl groups is 5. The Kier molecular flexibility index (Phi) is 63.1. The highest BCUT2D eigenvalue weighted by atomic mass is 16.7. The number of rotatable bonds is 67. The zero-order chi connectivity index (χ0) is 62.1. The quantitative estimate of drug-likeness (QED) is 0.0261. The molecule has 1 heterocycles. The lowest BCUT2D eigenvalue weighted by Crippen LogP contribution is -2.60. The molecule has 7 unspecified atom stereocenters. The molecule has 1 rings (SSSR count). The van der Waals surface area contributed by atoms with E-state index in [1.165, 1.54) is 315 Å². The van der Waals surface area contributed by atoms with Crippen LogP contribution in [0.25, 0.3) is 0 Å². The van der Waals surface area contributed by atoms with Crippen molar-refractivity contribution in [3.8, 4) is 0 Å². The average Bonchev–Trinajstić information content (AvgIpc) is 3.59. The smallest absolute Gasteiger partial charge is 0.220 e. The molecule has 0 saturated carbocycles. The lowest BCUT2D eigenvalue weighted by atomic mass is 9.99. The fraction of sp³-hybridized carbons (Fsp3) is 0.883. The van der Waals surface area contributed by atoms with Gasteiger partial charge in [0.25, 0.3) is 0 Å². The summed E-state index contributed by atoms with van der Waals surface area (Å²) in [6.45, 7) is 3.81. The van der Waals surface area contributed by atoms with Gasteiger partial charge in [-0.2, -0.15) is 0 Å². The molecule has 1 aliphatic rings. The number of amides is 1. The van der Waals surface area contributed by atoms with E-state index in [0.717, 1.165) is 44.9 Å². The number of unbranched alkanes of at least 4 members (excludes halogenated alkanes) is 51. The summed E-state index contributed by atoms with van der Waals surface area (Å²) in [7, 11) is 0. The van der Waals surface area contributed by atoms with Gasteiger partial charge in [-0.3, -0.25) is 4.79 Å². The van der Waals surface area contributed by atoms with Crippen molar-refractivity contribution in [2.75, 3.05) is 13.2 Å². The minimum atomic E-state index is -1.57. The van der Waals surface area contributed by atoms with Gasteiger partial charge >= 0.3 is 0 Å². The maximum atomic E-state index is 13.1. The summed E-state index contributed by atoms with van der Waals surface area (Å²) in [5.74, 6) is -0.180. The molecule has 0 aliphatic carbocycles. The van der Waals surface area contributed by atoms with Gasteiger partial charge in [0, 0.05) is 6.42 Å². The Hall–Kier alpha value is -1.85. The third-order valence-electron chi connectivity index (χ3n) is 18.1. The van der Waals surface area contributed by atoms with Crippen molar-refractivity contribution in [2.45, 2.75) is 423 Å². The van der Waals surface area contributed by atoms with E-state index in [1.807, 2.05) is 6.08 Å². The zero-order valence-corrected chi connectivity index (χ0v) is 56.8. The standard InChI is InChI=1S/C77H145NO8/c1-3-5-7-9-11-13-15-17-19-21-23-25-27-29-31-33-35-37-38-40-42-44-46-48-50-52-54-56-58-60-62-64-66-71(80)70(69-85-77-76(84)75(83)74(82)72(68-79)86-77)78-73(81)67-65-63-61-59-57-55-53-51-49-47-45-43-41-39-36-34-32-30-28-26-24-22-20-18-16-14-12-10-8-6-4-2/h16,18,22,24,56,58,64,66,70-72,74-77,79-80,82-84H,3-15,17,19-21,23,25-55,57,59-63,65,67-69H2,1-2H3,(H,78,81)/b18-16-,24-22-,58-56+,66-64+. The summed E-state index contributed by atoms with van der Waals surface area (Å²) in [6.07, 6.45) is 83.9. The average molecular weight is 1210 g/mol. The molecule has 0 radical (unpaired) electrons. The second-order valence-electron chi connectivity index (χ2n) is 26.4. The van der Waals surface area contributed by atoms with Gasteiger partial charge in [0.1, 0.15) is 24.4 Å². The van der Waals surface area contributed by atoms with Crippen LogP contribution in [0.2, 0.25) is 0 Å². The Morgan fingerprint density at radius 1 is 0.395 bits per heavy atom. The van der Waals surface area contributed by atoms with Gasteiger partial charge in [-0.25, -0.2) is 0 Å². The summed E-state index contributed by atoms with van der Waals surface area (Å²) in [5, 5.41) is 54.8. The monoisotopic (exact) mass is 1210 g/mol. The predicted octanol–water partition coefficient (Wildman–Crippen LogP) is 21.1. The molecule has 1 saturated heterocycles. The van der Waals surface area contributed by atoms with Crippen LogP contribution in [0.5, 0.6) is 0 Å². The molecule has 0 aromatic rings. The molecule has 0 aromatic carbocycles. The van der Waals surface area contributed by atoms with E-state index in [-0.39, 0.29) is 12.5 Å². The predicted molar refractivity (Wildman–Crippen MR) is 369 cm³/mol. The van der Waals surface area contributed by atoms with Crippen molar-refractivity contribution in [1.29, 1.82) is 0 Å². The highest BCUT2D eigenvalue weighted by Gasteiger charge is 2.44. The van der Waals surface area contributed by atoms with Crippen molar-refractivity contribution in [3.05, 3.63) is 48.6 Å². The van der Waals surface area contributed by atoms with Crippen LogP contribution in [0.1, 0.15) is 380 Å². The third kappa shape index (κ3) is 53.9. The van der Waals surface area contributed by atoms with Crippen molar-refractivity contribution in [3.63, 3.8) is 0 Å². The second kappa shape index (κ2) is 66.1. The number of allylic oxidation sites excluding steroid dienone is 7. The van der Waals surface area contributed by atoms with Crippen LogP contribution in [-0.2, 0) is 14.3 Å². The van der Waals surface area contributed by atoms with E-state index >= 15 is 0 Å². The van der Waals surface area contributed by atoms with Gasteiger partial charge in [-0.15, -0.1) is 0 Å². The summed E-state index contributed by atoms with van der Waals surface area (Å²) in [4.78, 5) is 13.1.